The van der Waals surface area contributed by atoms with Gasteiger partial charge in [-0.3, -0.25) is 0 Å². The minimum Gasteiger partial charge on any atom is -0.311 e. The van der Waals surface area contributed by atoms with Crippen molar-refractivity contribution in [3.8, 4) is 22.5 Å². The number of hydrogen-bond acceptors (Lipinski definition) is 2. The van der Waals surface area contributed by atoms with Crippen LogP contribution in [0.2, 0.25) is 0 Å². The van der Waals surface area contributed by atoms with E-state index < -0.39 is 0 Å². The lowest BCUT2D eigenvalue weighted by atomic mass is 9.33. The predicted octanol–water partition coefficient (Wildman–Crippen LogP) is 21.1. The van der Waals surface area contributed by atoms with E-state index in [4.69, 9.17) is 0 Å². The minimum atomic E-state index is -0.118. The average molecular weight is 1150 g/mol. The Morgan fingerprint density at radius 2 is 0.663 bits per heavy atom. The summed E-state index contributed by atoms with van der Waals surface area (Å²) < 4.78 is 4.96. The molecule has 16 rings (SSSR count). The first-order valence-corrected chi connectivity index (χ1v) is 31.9. The number of hydrogen-bond donors (Lipinski definition) is 0. The standard InChI is InChI=1S/C84H75BN4/c1-81(2,3)56-44-57(82(4,5)6)47-62(46-56)88-76-42-55(54-35-38-67-69-50-68-66-33-23-24-34-72(66)86(60-27-15-13-16-28-60)74(68)51-75(69)87(73(67)41-54)61-29-17-14-18-30-61)43-77-78(76)85(70-39-36-52-25-19-21-31-64(52)79(70)88)71-40-37-53-26-20-22-32-65(53)80(71)89(77)63-48-58(83(7,8)9)45-59(49-63)84(10,11)12/h13-51H,1-12H3. The molecule has 89 heavy (non-hydrogen) atoms. The lowest BCUT2D eigenvalue weighted by Gasteiger charge is -2.46. The Kier molecular flexibility index (Phi) is 12.0. The molecule has 2 aliphatic rings. The lowest BCUT2D eigenvalue weighted by Crippen LogP contribution is -2.61. The number of aromatic nitrogens is 2. The first-order valence-electron chi connectivity index (χ1n) is 31.9. The highest BCUT2D eigenvalue weighted by Gasteiger charge is 2.45. The second kappa shape index (κ2) is 19.5. The van der Waals surface area contributed by atoms with Gasteiger partial charge in [-0.05, 0) is 167 Å². The molecule has 0 unspecified atom stereocenters. The molecule has 434 valence electrons. The Labute approximate surface area is 524 Å². The first kappa shape index (κ1) is 54.8. The molecule has 0 saturated heterocycles. The van der Waals surface area contributed by atoms with Crippen molar-refractivity contribution in [3.05, 3.63) is 259 Å². The number of nitrogens with zero attached hydrogens (tertiary/aromatic N) is 4. The van der Waals surface area contributed by atoms with E-state index in [2.05, 4.69) is 339 Å². The quantitative estimate of drug-likeness (QED) is 0.160. The van der Waals surface area contributed by atoms with E-state index in [1.165, 1.54) is 132 Å². The van der Waals surface area contributed by atoms with Crippen LogP contribution in [0.1, 0.15) is 105 Å². The highest BCUT2D eigenvalue weighted by molar-refractivity contribution is 7.00. The molecule has 0 spiro atoms. The monoisotopic (exact) mass is 1150 g/mol. The highest BCUT2D eigenvalue weighted by Crippen LogP contribution is 2.52. The summed E-state index contributed by atoms with van der Waals surface area (Å²) in [6.45, 7) is 28.3. The molecular weight excluding hydrogens is 1080 g/mol. The molecule has 2 aliphatic heterocycles. The zero-order valence-corrected chi connectivity index (χ0v) is 53.4. The minimum absolute atomic E-state index is 0.0906. The fourth-order valence-electron chi connectivity index (χ4n) is 14.8. The molecule has 0 aliphatic carbocycles. The number of anilines is 6. The van der Waals surface area contributed by atoms with Crippen molar-refractivity contribution in [3.63, 3.8) is 0 Å². The summed E-state index contributed by atoms with van der Waals surface area (Å²) in [6.07, 6.45) is 0. The van der Waals surface area contributed by atoms with Crippen LogP contribution in [-0.4, -0.2) is 15.8 Å². The van der Waals surface area contributed by atoms with E-state index >= 15 is 0 Å². The average Bonchev–Trinajstić information content (AvgIpc) is 1.12. The highest BCUT2D eigenvalue weighted by atomic mass is 15.2. The van der Waals surface area contributed by atoms with E-state index in [0.29, 0.717) is 0 Å². The molecule has 0 N–H and O–H groups in total. The maximum atomic E-state index is 2.69. The molecule has 0 amide bonds. The second-order valence-electron chi connectivity index (χ2n) is 29.5. The topological polar surface area (TPSA) is 16.3 Å². The third-order valence-electron chi connectivity index (χ3n) is 19.6. The van der Waals surface area contributed by atoms with Gasteiger partial charge in [0.2, 0.25) is 0 Å². The van der Waals surface area contributed by atoms with Crippen molar-refractivity contribution in [2.75, 3.05) is 9.80 Å². The molecule has 14 aromatic rings. The van der Waals surface area contributed by atoms with E-state index in [9.17, 15) is 0 Å². The van der Waals surface area contributed by atoms with Crippen molar-refractivity contribution in [2.45, 2.75) is 105 Å². The summed E-state index contributed by atoms with van der Waals surface area (Å²) in [7, 11) is 0. The number of para-hydroxylation sites is 3. The summed E-state index contributed by atoms with van der Waals surface area (Å²) in [5.41, 5.74) is 25.3. The van der Waals surface area contributed by atoms with Gasteiger partial charge in [-0.15, -0.1) is 0 Å². The molecule has 4 heterocycles. The van der Waals surface area contributed by atoms with Crippen molar-refractivity contribution in [1.29, 1.82) is 0 Å². The Bertz CT molecular complexity index is 4990. The first-order chi connectivity index (χ1) is 42.7. The molecule has 0 radical (unpaired) electrons. The van der Waals surface area contributed by atoms with Crippen LogP contribution in [0.4, 0.5) is 34.1 Å². The van der Waals surface area contributed by atoms with E-state index in [-0.39, 0.29) is 28.4 Å². The van der Waals surface area contributed by atoms with Crippen LogP contribution in [0, 0.1) is 0 Å². The second-order valence-corrected chi connectivity index (χ2v) is 29.5. The van der Waals surface area contributed by atoms with Gasteiger partial charge in [0.1, 0.15) is 0 Å². The molecule has 0 bridgehead atoms. The van der Waals surface area contributed by atoms with Crippen molar-refractivity contribution < 1.29 is 0 Å². The molecule has 0 saturated carbocycles. The SMILES string of the molecule is CC(C)(C)c1cc(N2c3cc(-c4ccc5c6cc7c8ccccc8n(-c8ccccc8)c7cc6n(-c6ccccc6)c5c4)cc4c3B(c3ccc5ccccc5c32)c2ccc3ccccc3c2N4c2cc(C(C)(C)C)cc(C(C)(C)C)c2)cc(C(C)(C)C)c1. The van der Waals surface area contributed by atoms with Crippen molar-refractivity contribution in [1.82, 2.24) is 9.13 Å². The Morgan fingerprint density at radius 3 is 1.12 bits per heavy atom. The molecule has 0 atom stereocenters. The van der Waals surface area contributed by atoms with Crippen LogP contribution < -0.4 is 26.2 Å². The van der Waals surface area contributed by atoms with Gasteiger partial charge in [0.05, 0.1) is 22.1 Å². The fourth-order valence-corrected chi connectivity index (χ4v) is 14.8. The molecule has 4 nitrogen and oxygen atoms in total. The van der Waals surface area contributed by atoms with Gasteiger partial charge in [-0.2, -0.15) is 0 Å². The van der Waals surface area contributed by atoms with Crippen molar-refractivity contribution >= 4 is 122 Å². The van der Waals surface area contributed by atoms with E-state index in [1.807, 2.05) is 0 Å². The van der Waals surface area contributed by atoms with Gasteiger partial charge < -0.3 is 18.9 Å². The molecule has 2 aromatic heterocycles. The maximum Gasteiger partial charge on any atom is 0.252 e. The number of benzene rings is 12. The normalized spacial score (nSPS) is 13.6. The number of rotatable bonds is 5. The smallest absolute Gasteiger partial charge is 0.252 e. The summed E-state index contributed by atoms with van der Waals surface area (Å²) >= 11 is 0. The summed E-state index contributed by atoms with van der Waals surface area (Å²) in [5, 5.41) is 9.88. The zero-order chi connectivity index (χ0) is 61.2. The third kappa shape index (κ3) is 8.63. The van der Waals surface area contributed by atoms with Gasteiger partial charge in [0, 0.05) is 77.8 Å². The van der Waals surface area contributed by atoms with E-state index in [1.54, 1.807) is 0 Å². The molecular formula is C84H75BN4. The number of fused-ring (bicyclic) bond motifs is 14. The molecule has 12 aromatic carbocycles. The Hall–Kier alpha value is -9.58. The zero-order valence-electron chi connectivity index (χ0n) is 53.4. The van der Waals surface area contributed by atoms with E-state index in [0.717, 1.165) is 28.0 Å². The lowest BCUT2D eigenvalue weighted by molar-refractivity contribution is 0.568. The molecule has 5 heteroatoms. The van der Waals surface area contributed by atoms with Gasteiger partial charge in [-0.1, -0.05) is 235 Å². The van der Waals surface area contributed by atoms with Crippen LogP contribution in [0.5, 0.6) is 0 Å². The largest absolute Gasteiger partial charge is 0.311 e. The maximum absolute atomic E-state index is 2.69. The van der Waals surface area contributed by atoms with Gasteiger partial charge in [0.25, 0.3) is 6.71 Å². The van der Waals surface area contributed by atoms with Crippen molar-refractivity contribution in [2.24, 2.45) is 0 Å². The predicted molar refractivity (Wildman–Crippen MR) is 384 cm³/mol. The summed E-state index contributed by atoms with van der Waals surface area (Å²) in [4.78, 5) is 5.38. The van der Waals surface area contributed by atoms with Gasteiger partial charge in [0.15, 0.2) is 0 Å². The van der Waals surface area contributed by atoms with Crippen LogP contribution in [0.3, 0.4) is 0 Å². The fraction of sp³-hybridized carbons (Fsp3) is 0.190. The van der Waals surface area contributed by atoms with Crippen LogP contribution in [0.25, 0.3) is 87.7 Å². The third-order valence-corrected chi connectivity index (χ3v) is 19.6. The van der Waals surface area contributed by atoms with Crippen LogP contribution in [0.15, 0.2) is 237 Å². The van der Waals surface area contributed by atoms with Gasteiger partial charge in [-0.25, -0.2) is 0 Å². The van der Waals surface area contributed by atoms with Gasteiger partial charge >= 0.3 is 0 Å². The molecule has 0 fully saturated rings. The van der Waals surface area contributed by atoms with Crippen LogP contribution in [-0.2, 0) is 21.7 Å². The Morgan fingerprint density at radius 1 is 0.270 bits per heavy atom. The summed E-state index contributed by atoms with van der Waals surface area (Å²) in [5.74, 6) is 0. The summed E-state index contributed by atoms with van der Waals surface area (Å²) in [6, 6.07) is 90.9. The van der Waals surface area contributed by atoms with Crippen LogP contribution >= 0.6 is 0 Å². The Balaban J connectivity index is 1.06.